The van der Waals surface area contributed by atoms with Crippen molar-refractivity contribution >= 4 is 5.91 Å². The van der Waals surface area contributed by atoms with Crippen LogP contribution in [0.5, 0.6) is 0 Å². The number of hydrogen-bond acceptors (Lipinski definition) is 7. The van der Waals surface area contributed by atoms with Gasteiger partial charge >= 0.3 is 0 Å². The van der Waals surface area contributed by atoms with Gasteiger partial charge in [0.15, 0.2) is 0 Å². The quantitative estimate of drug-likeness (QED) is 0.261. The summed E-state index contributed by atoms with van der Waals surface area (Å²) >= 11 is 0. The van der Waals surface area contributed by atoms with Crippen LogP contribution < -0.4 is 16.6 Å². The van der Waals surface area contributed by atoms with Gasteiger partial charge in [-0.25, -0.2) is 5.01 Å². The van der Waals surface area contributed by atoms with Gasteiger partial charge in [-0.15, -0.1) is 0 Å². The molecule has 3 aromatic rings. The molecule has 0 saturated heterocycles. The predicted octanol–water partition coefficient (Wildman–Crippen LogP) is 2.91. The number of carbonyl (C=O) groups excluding carboxylic acids is 1. The molecule has 0 bridgehead atoms. The van der Waals surface area contributed by atoms with Crippen LogP contribution in [-0.2, 0) is 17.8 Å². The molecule has 2 aromatic carbocycles. The Hall–Kier alpha value is -3.14. The third-order valence-electron chi connectivity index (χ3n) is 6.03. The Morgan fingerprint density at radius 1 is 1.00 bits per heavy atom. The highest BCUT2D eigenvalue weighted by molar-refractivity contribution is 5.82. The molecule has 0 spiro atoms. The van der Waals surface area contributed by atoms with Gasteiger partial charge in [-0.3, -0.25) is 15.2 Å². The zero-order valence-electron chi connectivity index (χ0n) is 21.1. The Labute approximate surface area is 213 Å². The fraction of sp³-hybridized carbons (Fsp3) is 0.357. The van der Waals surface area contributed by atoms with Gasteiger partial charge in [0.05, 0.1) is 11.8 Å². The summed E-state index contributed by atoms with van der Waals surface area (Å²) in [5.74, 6) is -0.404. The van der Waals surface area contributed by atoms with E-state index >= 15 is 0 Å². The van der Waals surface area contributed by atoms with Crippen molar-refractivity contribution in [2.75, 3.05) is 6.54 Å². The average Bonchev–Trinajstić information content (AvgIpc) is 2.85. The summed E-state index contributed by atoms with van der Waals surface area (Å²) in [6, 6.07) is 22.0. The Balaban J connectivity index is 1.74. The molecule has 1 aromatic heterocycles. The Morgan fingerprint density at radius 2 is 1.67 bits per heavy atom. The molecule has 1 amide bonds. The number of nitrogens with one attached hydrogen (secondary N) is 2. The number of nitrogens with zero attached hydrogens (tertiary/aromatic N) is 2. The summed E-state index contributed by atoms with van der Waals surface area (Å²) in [7, 11) is 0. The SMILES string of the molecule is CC(C)(C)C(NO)C(=O)NN(Cc1ccc(-c2ccccn2)cc1)CC(O)C(N)Cc1ccccc1. The Kier molecular flexibility index (Phi) is 9.69. The van der Waals surface area contributed by atoms with Crippen LogP contribution in [0.3, 0.4) is 0 Å². The second-order valence-corrected chi connectivity index (χ2v) is 10.1. The number of aliphatic hydroxyl groups is 1. The van der Waals surface area contributed by atoms with Crippen molar-refractivity contribution in [3.05, 3.63) is 90.1 Å². The topological polar surface area (TPSA) is 124 Å². The van der Waals surface area contributed by atoms with Gasteiger partial charge < -0.3 is 16.0 Å². The summed E-state index contributed by atoms with van der Waals surface area (Å²) in [6.45, 7) is 6.01. The number of nitrogens with two attached hydrogens (primary N) is 1. The lowest BCUT2D eigenvalue weighted by Gasteiger charge is -2.33. The van der Waals surface area contributed by atoms with Crippen molar-refractivity contribution in [3.8, 4) is 11.3 Å². The minimum Gasteiger partial charge on any atom is -0.390 e. The van der Waals surface area contributed by atoms with E-state index in [9.17, 15) is 15.1 Å². The molecule has 0 radical (unpaired) electrons. The normalized spacial score (nSPS) is 14.3. The molecule has 1 heterocycles. The predicted molar refractivity (Wildman–Crippen MR) is 141 cm³/mol. The van der Waals surface area contributed by atoms with E-state index in [1.54, 1.807) is 11.2 Å². The maximum Gasteiger partial charge on any atom is 0.254 e. The number of amides is 1. The zero-order chi connectivity index (χ0) is 26.1. The first kappa shape index (κ1) is 27.4. The second kappa shape index (κ2) is 12.7. The lowest BCUT2D eigenvalue weighted by atomic mass is 9.87. The molecule has 0 saturated carbocycles. The second-order valence-electron chi connectivity index (χ2n) is 10.1. The van der Waals surface area contributed by atoms with Crippen LogP contribution in [0.1, 0.15) is 31.9 Å². The van der Waals surface area contributed by atoms with Crippen LogP contribution in [-0.4, -0.2) is 50.9 Å². The summed E-state index contributed by atoms with van der Waals surface area (Å²) < 4.78 is 0. The van der Waals surface area contributed by atoms with E-state index < -0.39 is 29.5 Å². The van der Waals surface area contributed by atoms with Gasteiger partial charge in [-0.1, -0.05) is 81.4 Å². The maximum atomic E-state index is 13.0. The van der Waals surface area contributed by atoms with Crippen LogP contribution in [0, 0.1) is 5.41 Å². The number of hydroxylamine groups is 1. The van der Waals surface area contributed by atoms with Gasteiger partial charge in [-0.05, 0) is 35.1 Å². The lowest BCUT2D eigenvalue weighted by Crippen LogP contribution is -2.57. The highest BCUT2D eigenvalue weighted by atomic mass is 16.5. The third kappa shape index (κ3) is 7.94. The number of aliphatic hydroxyl groups excluding tert-OH is 1. The van der Waals surface area contributed by atoms with E-state index in [1.807, 2.05) is 93.6 Å². The minimum atomic E-state index is -0.895. The lowest BCUT2D eigenvalue weighted by molar-refractivity contribution is -0.135. The number of hydrogen-bond donors (Lipinski definition) is 5. The standard InChI is InChI=1S/C28H37N5O3/c1-28(2,3)26(32-36)27(35)31-33(19-25(34)23(29)17-20-9-5-4-6-10-20)18-21-12-14-22(15-13-21)24-11-7-8-16-30-24/h4-16,23,25-26,32,34,36H,17-19,29H2,1-3H3,(H,31,35). The van der Waals surface area contributed by atoms with Crippen molar-refractivity contribution in [2.24, 2.45) is 11.1 Å². The molecule has 3 atom stereocenters. The van der Waals surface area contributed by atoms with Crippen molar-refractivity contribution in [1.82, 2.24) is 20.9 Å². The summed E-state index contributed by atoms with van der Waals surface area (Å²) in [4.78, 5) is 17.4. The minimum absolute atomic E-state index is 0.115. The van der Waals surface area contributed by atoms with Crippen LogP contribution in [0.2, 0.25) is 0 Å². The number of aromatic nitrogens is 1. The van der Waals surface area contributed by atoms with E-state index in [4.69, 9.17) is 5.73 Å². The summed E-state index contributed by atoms with van der Waals surface area (Å²) in [6.07, 6.45) is 1.36. The van der Waals surface area contributed by atoms with E-state index in [2.05, 4.69) is 15.9 Å². The van der Waals surface area contributed by atoms with Crippen molar-refractivity contribution in [3.63, 3.8) is 0 Å². The molecule has 0 aliphatic heterocycles. The molecular weight excluding hydrogens is 454 g/mol. The maximum absolute atomic E-state index is 13.0. The van der Waals surface area contributed by atoms with Crippen molar-refractivity contribution in [1.29, 1.82) is 0 Å². The highest BCUT2D eigenvalue weighted by Gasteiger charge is 2.32. The molecule has 0 fully saturated rings. The van der Waals surface area contributed by atoms with E-state index in [0.29, 0.717) is 13.0 Å². The first-order valence-electron chi connectivity index (χ1n) is 12.1. The number of pyridine rings is 1. The molecule has 8 heteroatoms. The van der Waals surface area contributed by atoms with Crippen LogP contribution in [0.25, 0.3) is 11.3 Å². The number of benzene rings is 2. The third-order valence-corrected chi connectivity index (χ3v) is 6.03. The largest absolute Gasteiger partial charge is 0.390 e. The average molecular weight is 492 g/mol. The van der Waals surface area contributed by atoms with Gasteiger partial charge in [0.25, 0.3) is 5.91 Å². The van der Waals surface area contributed by atoms with E-state index in [-0.39, 0.29) is 6.54 Å². The van der Waals surface area contributed by atoms with Gasteiger partial charge in [0, 0.05) is 30.9 Å². The number of hydrazine groups is 1. The molecule has 6 N–H and O–H groups in total. The van der Waals surface area contributed by atoms with Gasteiger partial charge in [-0.2, -0.15) is 5.48 Å². The van der Waals surface area contributed by atoms with Gasteiger partial charge in [0.1, 0.15) is 6.04 Å². The summed E-state index contributed by atoms with van der Waals surface area (Å²) in [5, 5.41) is 22.1. The van der Waals surface area contributed by atoms with Crippen LogP contribution in [0.4, 0.5) is 0 Å². The fourth-order valence-corrected chi connectivity index (χ4v) is 3.93. The van der Waals surface area contributed by atoms with Crippen molar-refractivity contribution < 1.29 is 15.1 Å². The van der Waals surface area contributed by atoms with Gasteiger partial charge in [0.2, 0.25) is 0 Å². The molecular formula is C28H37N5O3. The number of rotatable bonds is 11. The van der Waals surface area contributed by atoms with Crippen LogP contribution in [0.15, 0.2) is 79.0 Å². The first-order chi connectivity index (χ1) is 17.2. The zero-order valence-corrected chi connectivity index (χ0v) is 21.1. The molecule has 0 aliphatic rings. The Bertz CT molecular complexity index is 1070. The highest BCUT2D eigenvalue weighted by Crippen LogP contribution is 2.20. The molecule has 8 nitrogen and oxygen atoms in total. The van der Waals surface area contributed by atoms with Crippen LogP contribution >= 0.6 is 0 Å². The Morgan fingerprint density at radius 3 is 2.25 bits per heavy atom. The smallest absolute Gasteiger partial charge is 0.254 e. The molecule has 3 unspecified atom stereocenters. The fourth-order valence-electron chi connectivity index (χ4n) is 3.93. The molecule has 0 aliphatic carbocycles. The monoisotopic (exact) mass is 491 g/mol. The first-order valence-corrected chi connectivity index (χ1v) is 12.1. The number of carbonyl (C=O) groups is 1. The molecule has 3 rings (SSSR count). The molecule has 36 heavy (non-hydrogen) atoms. The van der Waals surface area contributed by atoms with E-state index in [1.165, 1.54) is 0 Å². The van der Waals surface area contributed by atoms with Crippen molar-refractivity contribution in [2.45, 2.75) is 51.9 Å². The summed E-state index contributed by atoms with van der Waals surface area (Å²) in [5.41, 5.74) is 14.6. The van der Waals surface area contributed by atoms with E-state index in [0.717, 1.165) is 22.4 Å². The molecule has 192 valence electrons.